The fraction of sp³-hybridized carbons (Fsp3) is 0.133. The number of sulfonamides is 1. The van der Waals surface area contributed by atoms with Gasteiger partial charge < -0.3 is 5.32 Å². The zero-order valence-electron chi connectivity index (χ0n) is 12.7. The summed E-state index contributed by atoms with van der Waals surface area (Å²) in [5.74, 6) is -5.60. The molecule has 0 aliphatic heterocycles. The fourth-order valence-electron chi connectivity index (χ4n) is 1.90. The number of halogens is 3. The molecule has 0 fully saturated rings. The van der Waals surface area contributed by atoms with Gasteiger partial charge in [0.2, 0.25) is 5.91 Å². The van der Waals surface area contributed by atoms with Gasteiger partial charge in [-0.3, -0.25) is 4.79 Å². The van der Waals surface area contributed by atoms with Gasteiger partial charge in [-0.15, -0.1) is 17.9 Å². The van der Waals surface area contributed by atoms with E-state index in [1.165, 1.54) is 12.1 Å². The quantitative estimate of drug-likeness (QED) is 0.584. The summed E-state index contributed by atoms with van der Waals surface area (Å²) in [7, 11) is -3.94. The molecule has 0 atom stereocenters. The van der Waals surface area contributed by atoms with Crippen LogP contribution in [-0.2, 0) is 14.8 Å². The highest BCUT2D eigenvalue weighted by atomic mass is 32.2. The van der Waals surface area contributed by atoms with Crippen LogP contribution >= 0.6 is 11.3 Å². The number of rotatable bonds is 7. The van der Waals surface area contributed by atoms with Gasteiger partial charge in [0.05, 0.1) is 12.2 Å². The SMILES string of the molecule is C=CCN(CC(=O)Nc1ccc(F)c(F)c1F)S(=O)(=O)c1cccs1. The molecule has 2 rings (SSSR count). The Labute approximate surface area is 146 Å². The van der Waals surface area contributed by atoms with Gasteiger partial charge in [-0.2, -0.15) is 4.31 Å². The number of amides is 1. The van der Waals surface area contributed by atoms with Crippen LogP contribution in [0.15, 0.2) is 46.5 Å². The third-order valence-electron chi connectivity index (χ3n) is 3.05. The molecule has 1 heterocycles. The lowest BCUT2D eigenvalue weighted by molar-refractivity contribution is -0.116. The molecule has 0 spiro atoms. The van der Waals surface area contributed by atoms with Gasteiger partial charge in [0.25, 0.3) is 10.0 Å². The molecule has 1 aromatic heterocycles. The normalized spacial score (nSPS) is 11.5. The lowest BCUT2D eigenvalue weighted by Gasteiger charge is -2.19. The second-order valence-corrected chi connectivity index (χ2v) is 7.90. The minimum absolute atomic E-state index is 0.0288. The van der Waals surface area contributed by atoms with Gasteiger partial charge in [-0.1, -0.05) is 12.1 Å². The summed E-state index contributed by atoms with van der Waals surface area (Å²) in [6.07, 6.45) is 1.29. The van der Waals surface area contributed by atoms with Crippen LogP contribution in [0.1, 0.15) is 0 Å². The number of anilines is 1. The molecule has 0 unspecified atom stereocenters. The van der Waals surface area contributed by atoms with Crippen LogP contribution in [0.4, 0.5) is 18.9 Å². The van der Waals surface area contributed by atoms with Crippen molar-refractivity contribution in [3.05, 3.63) is 59.8 Å². The van der Waals surface area contributed by atoms with Gasteiger partial charge in [-0.05, 0) is 23.6 Å². The number of benzene rings is 1. The lowest BCUT2D eigenvalue weighted by Crippen LogP contribution is -2.38. The number of hydrogen-bond donors (Lipinski definition) is 1. The van der Waals surface area contributed by atoms with Crippen molar-refractivity contribution in [2.24, 2.45) is 0 Å². The van der Waals surface area contributed by atoms with Gasteiger partial charge >= 0.3 is 0 Å². The molecule has 0 saturated carbocycles. The first kappa shape index (κ1) is 19.2. The van der Waals surface area contributed by atoms with Crippen molar-refractivity contribution >= 4 is 33.0 Å². The van der Waals surface area contributed by atoms with E-state index in [2.05, 4.69) is 6.58 Å². The maximum absolute atomic E-state index is 13.6. The first-order valence-corrected chi connectivity index (χ1v) is 9.17. The molecular weight excluding hydrogens is 377 g/mol. The maximum Gasteiger partial charge on any atom is 0.253 e. The van der Waals surface area contributed by atoms with Gasteiger partial charge in [0.15, 0.2) is 17.5 Å². The monoisotopic (exact) mass is 390 g/mol. The number of nitrogens with zero attached hydrogens (tertiary/aromatic N) is 1. The standard InChI is InChI=1S/C15H13F3N2O3S2/c1-2-7-20(25(22,23)13-4-3-8-24-13)9-12(21)19-11-6-5-10(16)14(17)15(11)18/h2-6,8H,1,7,9H2,(H,19,21). The van der Waals surface area contributed by atoms with E-state index in [-0.39, 0.29) is 10.8 Å². The number of carbonyl (C=O) groups is 1. The van der Waals surface area contributed by atoms with Crippen molar-refractivity contribution in [1.82, 2.24) is 4.31 Å². The number of nitrogens with one attached hydrogen (secondary N) is 1. The molecule has 0 saturated heterocycles. The largest absolute Gasteiger partial charge is 0.322 e. The molecular formula is C15H13F3N2O3S2. The van der Waals surface area contributed by atoms with Crippen molar-refractivity contribution in [3.8, 4) is 0 Å². The Balaban J connectivity index is 2.19. The van der Waals surface area contributed by atoms with Crippen LogP contribution in [0.5, 0.6) is 0 Å². The van der Waals surface area contributed by atoms with Crippen LogP contribution in [-0.4, -0.2) is 31.7 Å². The lowest BCUT2D eigenvalue weighted by atomic mass is 10.2. The summed E-state index contributed by atoms with van der Waals surface area (Å²) in [5.41, 5.74) is -0.587. The summed E-state index contributed by atoms with van der Waals surface area (Å²) in [6.45, 7) is 2.63. The van der Waals surface area contributed by atoms with Crippen LogP contribution < -0.4 is 5.32 Å². The molecule has 10 heteroatoms. The third-order valence-corrected chi connectivity index (χ3v) is 6.24. The van der Waals surface area contributed by atoms with E-state index in [1.54, 1.807) is 11.4 Å². The predicted octanol–water partition coefficient (Wildman–Crippen LogP) is 2.98. The van der Waals surface area contributed by atoms with Crippen molar-refractivity contribution in [1.29, 1.82) is 0 Å². The second kappa shape index (κ2) is 7.81. The van der Waals surface area contributed by atoms with Gasteiger partial charge in [-0.25, -0.2) is 21.6 Å². The molecule has 0 radical (unpaired) electrons. The topological polar surface area (TPSA) is 66.5 Å². The maximum atomic E-state index is 13.6. The first-order valence-electron chi connectivity index (χ1n) is 6.85. The van der Waals surface area contributed by atoms with Crippen molar-refractivity contribution in [2.75, 3.05) is 18.4 Å². The number of thiophene rings is 1. The molecule has 5 nitrogen and oxygen atoms in total. The van der Waals surface area contributed by atoms with E-state index in [4.69, 9.17) is 0 Å². The molecule has 134 valence electrons. The number of carbonyl (C=O) groups excluding carboxylic acids is 1. The first-order chi connectivity index (χ1) is 11.8. The highest BCUT2D eigenvalue weighted by molar-refractivity contribution is 7.91. The Morgan fingerprint density at radius 2 is 1.96 bits per heavy atom. The molecule has 1 amide bonds. The van der Waals surface area contributed by atoms with E-state index in [0.717, 1.165) is 21.7 Å². The average molecular weight is 390 g/mol. The summed E-state index contributed by atoms with van der Waals surface area (Å²) >= 11 is 0.974. The molecule has 0 aliphatic rings. The average Bonchev–Trinajstić information content (AvgIpc) is 3.10. The Kier molecular flexibility index (Phi) is 5.98. The Bertz CT molecular complexity index is 884. The molecule has 0 bridgehead atoms. The van der Waals surface area contributed by atoms with E-state index >= 15 is 0 Å². The van der Waals surface area contributed by atoms with Gasteiger partial charge in [0, 0.05) is 6.54 Å². The van der Waals surface area contributed by atoms with Crippen LogP contribution in [0, 0.1) is 17.5 Å². The van der Waals surface area contributed by atoms with Crippen molar-refractivity contribution < 1.29 is 26.4 Å². The molecule has 1 N–H and O–H groups in total. The molecule has 0 aliphatic carbocycles. The summed E-state index contributed by atoms with van der Waals surface area (Å²) < 4.78 is 65.5. The third kappa shape index (κ3) is 4.27. The fourth-order valence-corrected chi connectivity index (χ4v) is 4.41. The zero-order valence-corrected chi connectivity index (χ0v) is 14.3. The molecule has 25 heavy (non-hydrogen) atoms. The predicted molar refractivity (Wildman–Crippen MR) is 88.2 cm³/mol. The molecule has 2 aromatic rings. The van der Waals surface area contributed by atoms with Crippen LogP contribution in [0.3, 0.4) is 0 Å². The highest BCUT2D eigenvalue weighted by Crippen LogP contribution is 2.22. The van der Waals surface area contributed by atoms with Crippen molar-refractivity contribution in [3.63, 3.8) is 0 Å². The highest BCUT2D eigenvalue weighted by Gasteiger charge is 2.27. The minimum atomic E-state index is -3.94. The van der Waals surface area contributed by atoms with E-state index in [0.29, 0.717) is 6.07 Å². The Morgan fingerprint density at radius 1 is 1.24 bits per heavy atom. The van der Waals surface area contributed by atoms with E-state index in [9.17, 15) is 26.4 Å². The van der Waals surface area contributed by atoms with E-state index in [1.807, 2.05) is 5.32 Å². The summed E-state index contributed by atoms with van der Waals surface area (Å²) in [6, 6.07) is 4.42. The smallest absolute Gasteiger partial charge is 0.253 e. The van der Waals surface area contributed by atoms with Gasteiger partial charge in [0.1, 0.15) is 4.21 Å². The Morgan fingerprint density at radius 3 is 2.56 bits per heavy atom. The summed E-state index contributed by atoms with van der Waals surface area (Å²) in [5, 5.41) is 3.59. The zero-order chi connectivity index (χ0) is 18.6. The van der Waals surface area contributed by atoms with Crippen LogP contribution in [0.2, 0.25) is 0 Å². The minimum Gasteiger partial charge on any atom is -0.322 e. The van der Waals surface area contributed by atoms with Crippen molar-refractivity contribution in [2.45, 2.75) is 4.21 Å². The van der Waals surface area contributed by atoms with Crippen LogP contribution in [0.25, 0.3) is 0 Å². The second-order valence-electron chi connectivity index (χ2n) is 4.79. The summed E-state index contributed by atoms with van der Waals surface area (Å²) in [4.78, 5) is 12.0. The van der Waals surface area contributed by atoms with E-state index < -0.39 is 45.6 Å². The molecule has 1 aromatic carbocycles. The number of hydrogen-bond acceptors (Lipinski definition) is 4. The Hall–Kier alpha value is -2.17.